The Kier molecular flexibility index (Phi) is 6.26. The van der Waals surface area contributed by atoms with Gasteiger partial charge in [0.05, 0.1) is 28.1 Å². The minimum absolute atomic E-state index is 0.0221. The van der Waals surface area contributed by atoms with Crippen LogP contribution < -0.4 is 5.73 Å². The number of aliphatic hydroxyl groups is 1. The van der Waals surface area contributed by atoms with E-state index in [-0.39, 0.29) is 17.5 Å². The van der Waals surface area contributed by atoms with Gasteiger partial charge in [0.1, 0.15) is 11.9 Å². The van der Waals surface area contributed by atoms with Crippen LogP contribution in [0.3, 0.4) is 0 Å². The molecule has 1 aliphatic carbocycles. The average molecular weight is 530 g/mol. The fourth-order valence-corrected chi connectivity index (χ4v) is 6.54. The van der Waals surface area contributed by atoms with Crippen LogP contribution in [-0.4, -0.2) is 50.4 Å². The van der Waals surface area contributed by atoms with E-state index in [1.807, 2.05) is 36.5 Å². The summed E-state index contributed by atoms with van der Waals surface area (Å²) in [7, 11) is 0. The van der Waals surface area contributed by atoms with Crippen LogP contribution in [0.4, 0.5) is 4.39 Å². The van der Waals surface area contributed by atoms with Crippen LogP contribution in [0.2, 0.25) is 0 Å². The zero-order chi connectivity index (χ0) is 26.4. The molecule has 2 aliphatic rings. The Hall–Kier alpha value is -3.58. The number of piperidine rings is 1. The Morgan fingerprint density at radius 3 is 2.74 bits per heavy atom. The molecule has 38 heavy (non-hydrogen) atoms. The highest BCUT2D eigenvalue weighted by Crippen LogP contribution is 2.41. The van der Waals surface area contributed by atoms with E-state index in [9.17, 15) is 19.6 Å². The third-order valence-corrected chi connectivity index (χ3v) is 8.82. The van der Waals surface area contributed by atoms with Crippen molar-refractivity contribution in [2.75, 3.05) is 13.1 Å². The number of thiophene rings is 1. The molecular formula is C29H28FN5O2S. The molecule has 1 saturated carbocycles. The van der Waals surface area contributed by atoms with Crippen molar-refractivity contribution in [3.63, 3.8) is 0 Å². The number of hydrogen-bond donors (Lipinski definition) is 2. The molecule has 0 spiro atoms. The lowest BCUT2D eigenvalue weighted by Gasteiger charge is -2.36. The molecule has 2 aromatic heterocycles. The molecule has 6 rings (SSSR count). The number of carbonyl (C=O) groups is 1. The van der Waals surface area contributed by atoms with E-state index < -0.39 is 11.4 Å². The molecule has 3 N–H and O–H groups in total. The predicted octanol–water partition coefficient (Wildman–Crippen LogP) is 4.92. The Morgan fingerprint density at radius 1 is 1.21 bits per heavy atom. The molecule has 1 amide bonds. The molecule has 1 aliphatic heterocycles. The van der Waals surface area contributed by atoms with E-state index >= 15 is 0 Å². The molecule has 2 aromatic carbocycles. The first-order valence-electron chi connectivity index (χ1n) is 12.9. The van der Waals surface area contributed by atoms with Crippen molar-refractivity contribution in [2.45, 2.75) is 50.3 Å². The number of likely N-dealkylation sites (tertiary alicyclic amines) is 1. The van der Waals surface area contributed by atoms with E-state index in [1.165, 1.54) is 23.5 Å². The van der Waals surface area contributed by atoms with Crippen molar-refractivity contribution in [3.8, 4) is 27.6 Å². The van der Waals surface area contributed by atoms with Crippen LogP contribution in [0.15, 0.2) is 48.7 Å². The second kappa shape index (κ2) is 9.62. The lowest BCUT2D eigenvalue weighted by molar-refractivity contribution is -0.0496. The molecule has 0 unspecified atom stereocenters. The van der Waals surface area contributed by atoms with Gasteiger partial charge >= 0.3 is 0 Å². The van der Waals surface area contributed by atoms with E-state index in [0.29, 0.717) is 30.1 Å². The summed E-state index contributed by atoms with van der Waals surface area (Å²) >= 11 is 1.38. The van der Waals surface area contributed by atoms with Crippen LogP contribution in [0, 0.1) is 17.1 Å². The zero-order valence-corrected chi connectivity index (χ0v) is 21.7. The molecule has 9 heteroatoms. The maximum absolute atomic E-state index is 14.6. The minimum atomic E-state index is -0.683. The summed E-state index contributed by atoms with van der Waals surface area (Å²) in [6.07, 6.45) is 6.31. The molecule has 1 saturated heterocycles. The van der Waals surface area contributed by atoms with Crippen LogP contribution in [0.1, 0.15) is 47.3 Å². The third-order valence-electron chi connectivity index (χ3n) is 7.64. The SMILES string of the molecule is N#Cc1ccc(-c2cc(C(=O)N3CCC[C@@H](N)C3)sc2-c2ccc3nn(CC4(O)CCC4)cc3c2)cc1F. The molecule has 4 aromatic rings. The summed E-state index contributed by atoms with van der Waals surface area (Å²) in [4.78, 5) is 16.7. The molecule has 3 heterocycles. The van der Waals surface area contributed by atoms with Gasteiger partial charge in [-0.3, -0.25) is 9.48 Å². The molecule has 0 bridgehead atoms. The van der Waals surface area contributed by atoms with Gasteiger partial charge in [0.25, 0.3) is 5.91 Å². The topological polar surface area (TPSA) is 108 Å². The first-order chi connectivity index (χ1) is 18.3. The average Bonchev–Trinajstić information content (AvgIpc) is 3.51. The van der Waals surface area contributed by atoms with Crippen molar-refractivity contribution < 1.29 is 14.3 Å². The maximum Gasteiger partial charge on any atom is 0.264 e. The monoisotopic (exact) mass is 529 g/mol. The Morgan fingerprint density at radius 2 is 2.03 bits per heavy atom. The summed E-state index contributed by atoms with van der Waals surface area (Å²) in [5.74, 6) is -0.669. The van der Waals surface area contributed by atoms with Crippen LogP contribution >= 0.6 is 11.3 Å². The quantitative estimate of drug-likeness (QED) is 0.382. The highest BCUT2D eigenvalue weighted by atomic mass is 32.1. The minimum Gasteiger partial charge on any atom is -0.388 e. The van der Waals surface area contributed by atoms with Crippen LogP contribution in [0.25, 0.3) is 32.5 Å². The highest BCUT2D eigenvalue weighted by Gasteiger charge is 2.35. The standard InChI is InChI=1S/C29H28FN5O2S/c30-24-12-18(4-5-20(24)14-31)23-13-26(28(36)34-10-1-3-22(32)16-34)38-27(23)19-6-7-25-21(11-19)15-35(33-25)17-29(37)8-2-9-29/h4-7,11-13,15,22,37H,1-3,8-10,16-17,32H2/t22-/m1/s1. The number of nitriles is 1. The van der Waals surface area contributed by atoms with Gasteiger partial charge in [0.15, 0.2) is 0 Å². The fraction of sp³-hybridized carbons (Fsp3) is 0.345. The van der Waals surface area contributed by atoms with Crippen molar-refractivity contribution in [2.24, 2.45) is 5.73 Å². The fourth-order valence-electron chi connectivity index (χ4n) is 5.39. The number of hydrogen-bond acceptors (Lipinski definition) is 6. The van der Waals surface area contributed by atoms with E-state index in [1.54, 1.807) is 15.6 Å². The number of nitrogens with two attached hydrogens (primary N) is 1. The van der Waals surface area contributed by atoms with Gasteiger partial charge in [-0.05, 0) is 73.6 Å². The number of aromatic nitrogens is 2. The lowest BCUT2D eigenvalue weighted by Crippen LogP contribution is -2.45. The van der Waals surface area contributed by atoms with Gasteiger partial charge in [-0.25, -0.2) is 4.39 Å². The van der Waals surface area contributed by atoms with Crippen LogP contribution in [-0.2, 0) is 6.54 Å². The normalized spacial score (nSPS) is 18.8. The zero-order valence-electron chi connectivity index (χ0n) is 20.9. The number of carbonyl (C=O) groups excluding carboxylic acids is 1. The number of rotatable bonds is 5. The highest BCUT2D eigenvalue weighted by molar-refractivity contribution is 7.18. The lowest BCUT2D eigenvalue weighted by atomic mass is 9.80. The number of amides is 1. The molecule has 194 valence electrons. The molecule has 1 atom stereocenters. The van der Waals surface area contributed by atoms with Gasteiger partial charge < -0.3 is 15.7 Å². The maximum atomic E-state index is 14.6. The van der Waals surface area contributed by atoms with Crippen molar-refractivity contribution in [1.82, 2.24) is 14.7 Å². The van der Waals surface area contributed by atoms with Crippen molar-refractivity contribution in [3.05, 3.63) is 64.9 Å². The molecule has 7 nitrogen and oxygen atoms in total. The first kappa shape index (κ1) is 24.7. The van der Waals surface area contributed by atoms with Crippen molar-refractivity contribution in [1.29, 1.82) is 5.26 Å². The van der Waals surface area contributed by atoms with Gasteiger partial charge in [-0.1, -0.05) is 12.1 Å². The van der Waals surface area contributed by atoms with Crippen LogP contribution in [0.5, 0.6) is 0 Å². The summed E-state index contributed by atoms with van der Waals surface area (Å²) in [5.41, 5.74) is 8.46. The summed E-state index contributed by atoms with van der Waals surface area (Å²) in [5, 5.41) is 25.3. The van der Waals surface area contributed by atoms with E-state index in [4.69, 9.17) is 5.73 Å². The van der Waals surface area contributed by atoms with Gasteiger partial charge in [-0.2, -0.15) is 10.4 Å². The Bertz CT molecular complexity index is 1580. The van der Waals surface area contributed by atoms with Gasteiger partial charge in [-0.15, -0.1) is 11.3 Å². The second-order valence-electron chi connectivity index (χ2n) is 10.5. The second-order valence-corrected chi connectivity index (χ2v) is 11.5. The molecule has 0 radical (unpaired) electrons. The smallest absolute Gasteiger partial charge is 0.264 e. The summed E-state index contributed by atoms with van der Waals surface area (Å²) in [6, 6.07) is 14.1. The first-order valence-corrected chi connectivity index (χ1v) is 13.7. The number of fused-ring (bicyclic) bond motifs is 1. The Balaban J connectivity index is 1.41. The predicted molar refractivity (Wildman–Crippen MR) is 145 cm³/mol. The summed E-state index contributed by atoms with van der Waals surface area (Å²) in [6.45, 7) is 1.64. The van der Waals surface area contributed by atoms with Gasteiger partial charge in [0, 0.05) is 41.2 Å². The summed E-state index contributed by atoms with van der Waals surface area (Å²) < 4.78 is 16.4. The van der Waals surface area contributed by atoms with E-state index in [0.717, 1.165) is 59.0 Å². The number of halogens is 1. The van der Waals surface area contributed by atoms with Gasteiger partial charge in [0.2, 0.25) is 0 Å². The van der Waals surface area contributed by atoms with E-state index in [2.05, 4.69) is 5.10 Å². The molecular weight excluding hydrogens is 501 g/mol. The number of benzene rings is 2. The third kappa shape index (κ3) is 4.60. The Labute approximate surface area is 223 Å². The largest absolute Gasteiger partial charge is 0.388 e. The number of nitrogens with zero attached hydrogens (tertiary/aromatic N) is 4. The molecule has 2 fully saturated rings. The van der Waals surface area contributed by atoms with Crippen molar-refractivity contribution >= 4 is 28.1 Å².